The van der Waals surface area contributed by atoms with Crippen molar-refractivity contribution in [2.45, 2.75) is 46.0 Å². The molecule has 5 heteroatoms. The van der Waals surface area contributed by atoms with Gasteiger partial charge in [-0.3, -0.25) is 14.6 Å². The highest BCUT2D eigenvalue weighted by atomic mass is 16.5. The highest BCUT2D eigenvalue weighted by Crippen LogP contribution is 2.38. The molecule has 2 heterocycles. The second kappa shape index (κ2) is 6.93. The highest BCUT2D eigenvalue weighted by Gasteiger charge is 2.26. The average molecular weight is 353 g/mol. The maximum absolute atomic E-state index is 12.5. The molecule has 1 N–H and O–H groups in total. The monoisotopic (exact) mass is 353 g/mol. The SMILES string of the molecule is CCCCN1C(=C=Cc2c(C(C)(C)C)[nH]n(C)c2=O)Oc2ccccc21. The predicted octanol–water partition coefficient (Wildman–Crippen LogP) is 4.16. The lowest BCUT2D eigenvalue weighted by molar-refractivity contribution is 0.439. The molecule has 1 aliphatic rings. The summed E-state index contributed by atoms with van der Waals surface area (Å²) < 4.78 is 7.50. The van der Waals surface area contributed by atoms with Gasteiger partial charge in [-0.1, -0.05) is 52.0 Å². The largest absolute Gasteiger partial charge is 0.432 e. The molecule has 5 nitrogen and oxygen atoms in total. The van der Waals surface area contributed by atoms with Gasteiger partial charge in [0.15, 0.2) is 5.75 Å². The zero-order valence-corrected chi connectivity index (χ0v) is 16.2. The van der Waals surface area contributed by atoms with E-state index in [2.05, 4.69) is 49.5 Å². The van der Waals surface area contributed by atoms with Crippen molar-refractivity contribution in [2.24, 2.45) is 7.05 Å². The molecular weight excluding hydrogens is 326 g/mol. The van der Waals surface area contributed by atoms with Crippen LogP contribution in [0.15, 0.2) is 40.7 Å². The third-order valence-corrected chi connectivity index (χ3v) is 4.52. The van der Waals surface area contributed by atoms with Gasteiger partial charge in [-0.15, -0.1) is 0 Å². The van der Waals surface area contributed by atoms with E-state index < -0.39 is 0 Å². The van der Waals surface area contributed by atoms with Crippen molar-refractivity contribution in [2.75, 3.05) is 11.4 Å². The van der Waals surface area contributed by atoms with Crippen LogP contribution in [0.5, 0.6) is 5.75 Å². The average Bonchev–Trinajstić information content (AvgIpc) is 3.09. The van der Waals surface area contributed by atoms with Gasteiger partial charge in [0, 0.05) is 25.1 Å². The number of rotatable bonds is 4. The fraction of sp³-hybridized carbons (Fsp3) is 0.429. The molecule has 0 spiro atoms. The molecular formula is C21H27N3O2. The van der Waals surface area contributed by atoms with Gasteiger partial charge in [0.2, 0.25) is 5.88 Å². The van der Waals surface area contributed by atoms with Crippen LogP contribution in [0.2, 0.25) is 0 Å². The summed E-state index contributed by atoms with van der Waals surface area (Å²) in [5.74, 6) is 1.47. The summed E-state index contributed by atoms with van der Waals surface area (Å²) in [5, 5.41) is 3.16. The number of aromatic amines is 1. The number of nitrogens with zero attached hydrogens (tertiary/aromatic N) is 2. The number of para-hydroxylation sites is 2. The first-order valence-electron chi connectivity index (χ1n) is 9.13. The number of aryl methyl sites for hydroxylation is 1. The summed E-state index contributed by atoms with van der Waals surface area (Å²) in [6.45, 7) is 9.27. The van der Waals surface area contributed by atoms with E-state index in [-0.39, 0.29) is 11.0 Å². The number of anilines is 1. The summed E-state index contributed by atoms with van der Waals surface area (Å²) in [6, 6.07) is 7.98. The normalized spacial score (nSPS) is 13.4. The number of fused-ring (bicyclic) bond motifs is 1. The zero-order valence-electron chi connectivity index (χ0n) is 16.2. The van der Waals surface area contributed by atoms with Crippen LogP contribution in [0.3, 0.4) is 0 Å². The van der Waals surface area contributed by atoms with Crippen LogP contribution in [-0.2, 0) is 12.5 Å². The molecule has 0 aliphatic carbocycles. The number of hydrogen-bond donors (Lipinski definition) is 1. The molecule has 0 saturated carbocycles. The summed E-state index contributed by atoms with van der Waals surface area (Å²) in [5.41, 5.74) is 5.58. The van der Waals surface area contributed by atoms with Crippen molar-refractivity contribution >= 4 is 11.8 Å². The first kappa shape index (κ1) is 18.2. The fourth-order valence-corrected chi connectivity index (χ4v) is 3.09. The molecule has 26 heavy (non-hydrogen) atoms. The van der Waals surface area contributed by atoms with Gasteiger partial charge in [-0.2, -0.15) is 0 Å². The molecule has 1 aromatic carbocycles. The van der Waals surface area contributed by atoms with Gasteiger partial charge in [0.1, 0.15) is 0 Å². The Morgan fingerprint density at radius 2 is 2.00 bits per heavy atom. The minimum Gasteiger partial charge on any atom is -0.432 e. The van der Waals surface area contributed by atoms with Crippen LogP contribution >= 0.6 is 0 Å². The van der Waals surface area contributed by atoms with Crippen LogP contribution in [0.4, 0.5) is 5.69 Å². The molecule has 1 aliphatic heterocycles. The summed E-state index contributed by atoms with van der Waals surface area (Å²) in [6.07, 6.45) is 3.91. The molecule has 0 unspecified atom stereocenters. The second-order valence-corrected chi connectivity index (χ2v) is 7.68. The van der Waals surface area contributed by atoms with Crippen molar-refractivity contribution < 1.29 is 4.74 Å². The molecule has 138 valence electrons. The Balaban J connectivity index is 2.06. The number of unbranched alkanes of at least 4 members (excludes halogenated alkanes) is 1. The van der Waals surface area contributed by atoms with Crippen molar-refractivity contribution in [1.29, 1.82) is 0 Å². The molecule has 1 aromatic heterocycles. The lowest BCUT2D eigenvalue weighted by Gasteiger charge is -2.17. The van der Waals surface area contributed by atoms with Crippen LogP contribution in [0.25, 0.3) is 6.08 Å². The molecule has 2 aromatic rings. The molecule has 0 atom stereocenters. The van der Waals surface area contributed by atoms with Gasteiger partial charge in [-0.05, 0) is 18.6 Å². The van der Waals surface area contributed by atoms with Crippen molar-refractivity contribution in [3.63, 3.8) is 0 Å². The van der Waals surface area contributed by atoms with E-state index in [0.717, 1.165) is 36.5 Å². The van der Waals surface area contributed by atoms with E-state index in [1.165, 1.54) is 4.68 Å². The minimum atomic E-state index is -0.167. The Bertz CT molecular complexity index is 921. The van der Waals surface area contributed by atoms with E-state index in [9.17, 15) is 4.79 Å². The first-order chi connectivity index (χ1) is 12.3. The summed E-state index contributed by atoms with van der Waals surface area (Å²) in [7, 11) is 1.73. The third-order valence-electron chi connectivity index (χ3n) is 4.52. The number of nitrogens with one attached hydrogen (secondary N) is 1. The first-order valence-corrected chi connectivity index (χ1v) is 9.13. The Morgan fingerprint density at radius 3 is 2.69 bits per heavy atom. The van der Waals surface area contributed by atoms with E-state index in [1.54, 1.807) is 13.1 Å². The number of H-pyrrole nitrogens is 1. The maximum atomic E-state index is 12.5. The molecule has 0 amide bonds. The number of ether oxygens (including phenoxy) is 1. The van der Waals surface area contributed by atoms with Crippen LogP contribution in [0, 0.1) is 0 Å². The standard InChI is InChI=1S/C21H27N3O2/c1-6-7-14-24-16-10-8-9-11-17(16)26-18(24)13-12-15-19(21(2,3)4)22-23(5)20(15)25/h8-12,22H,6-7,14H2,1-5H3. The molecule has 0 fully saturated rings. The minimum absolute atomic E-state index is 0.0568. The summed E-state index contributed by atoms with van der Waals surface area (Å²) in [4.78, 5) is 14.6. The zero-order chi connectivity index (χ0) is 18.9. The van der Waals surface area contributed by atoms with Gasteiger partial charge in [0.05, 0.1) is 16.9 Å². The van der Waals surface area contributed by atoms with Gasteiger partial charge >= 0.3 is 0 Å². The maximum Gasteiger partial charge on any atom is 0.274 e. The van der Waals surface area contributed by atoms with Gasteiger partial charge < -0.3 is 9.64 Å². The number of benzene rings is 1. The predicted molar refractivity (Wildman–Crippen MR) is 106 cm³/mol. The van der Waals surface area contributed by atoms with Gasteiger partial charge in [0.25, 0.3) is 5.56 Å². The Labute approximate surface area is 154 Å². The van der Waals surface area contributed by atoms with E-state index in [4.69, 9.17) is 4.74 Å². The van der Waals surface area contributed by atoms with E-state index in [1.807, 2.05) is 18.2 Å². The quantitative estimate of drug-likeness (QED) is 0.840. The lowest BCUT2D eigenvalue weighted by Crippen LogP contribution is -2.21. The second-order valence-electron chi connectivity index (χ2n) is 7.68. The molecule has 0 radical (unpaired) electrons. The molecule has 0 bridgehead atoms. The number of hydrogen-bond acceptors (Lipinski definition) is 3. The molecule has 0 saturated heterocycles. The Morgan fingerprint density at radius 1 is 1.27 bits per heavy atom. The smallest absolute Gasteiger partial charge is 0.274 e. The summed E-state index contributed by atoms with van der Waals surface area (Å²) >= 11 is 0. The van der Waals surface area contributed by atoms with Crippen LogP contribution < -0.4 is 15.2 Å². The lowest BCUT2D eigenvalue weighted by atomic mass is 9.89. The Kier molecular flexibility index (Phi) is 4.84. The highest BCUT2D eigenvalue weighted by molar-refractivity contribution is 5.67. The Hall–Kier alpha value is -2.65. The van der Waals surface area contributed by atoms with E-state index >= 15 is 0 Å². The molecule has 3 rings (SSSR count). The van der Waals surface area contributed by atoms with Crippen molar-refractivity contribution in [3.8, 4) is 5.75 Å². The van der Waals surface area contributed by atoms with Crippen molar-refractivity contribution in [1.82, 2.24) is 9.78 Å². The topological polar surface area (TPSA) is 50.3 Å². The third kappa shape index (κ3) is 3.35. The van der Waals surface area contributed by atoms with Crippen LogP contribution in [0.1, 0.15) is 51.8 Å². The van der Waals surface area contributed by atoms with Crippen molar-refractivity contribution in [3.05, 3.63) is 57.5 Å². The van der Waals surface area contributed by atoms with Crippen LogP contribution in [-0.4, -0.2) is 16.3 Å². The number of aromatic nitrogens is 2. The fourth-order valence-electron chi connectivity index (χ4n) is 3.09. The van der Waals surface area contributed by atoms with E-state index in [0.29, 0.717) is 11.4 Å². The van der Waals surface area contributed by atoms with Gasteiger partial charge in [-0.25, -0.2) is 0 Å².